The number of phosphoric ester groups is 2. The van der Waals surface area contributed by atoms with Crippen molar-refractivity contribution >= 4 is 39.5 Å². The number of rotatable bonds is 67. The maximum Gasteiger partial charge on any atom is 0.472 e. The van der Waals surface area contributed by atoms with Crippen LogP contribution in [0, 0.1) is 17.8 Å². The molecule has 0 bridgehead atoms. The number of aliphatic hydroxyl groups is 1. The average molecular weight is 1300 g/mol. The number of phosphoric acid groups is 2. The highest BCUT2D eigenvalue weighted by atomic mass is 31.2. The SMILES string of the molecule is CCCCCCCCCCCCC(=O)OC[C@H](COP(=O)(O)OC[C@H](O)COP(=O)(O)OC[C@@H](COC(=O)CCCCCCCCCCCCC(C)C)OC(=O)CCCCCCCCCCCCCCC(C)C)OC(=O)CCCCCCCCC(C)CC. The van der Waals surface area contributed by atoms with Crippen LogP contribution in [0.5, 0.6) is 0 Å². The van der Waals surface area contributed by atoms with E-state index in [0.29, 0.717) is 25.7 Å². The standard InChI is InChI=1S/C69H134O17P2/c1-8-10-11-12-13-14-23-28-36-43-50-66(71)80-57-65(86-69(74)53-46-39-32-31-35-42-49-62(7)9-2)59-84-88(77,78)82-55-63(70)54-81-87(75,76)83-58-64(56-79-67(72)51-44-37-29-24-20-19-22-27-34-41-48-61(5)6)85-68(73)52-45-38-30-25-18-16-15-17-21-26-33-40-47-60(3)4/h60-65,70H,8-59H2,1-7H3,(H,75,76)(H,77,78)/t62?,63-,64-,65-/m1/s1. The zero-order valence-electron chi connectivity index (χ0n) is 57.2. The van der Waals surface area contributed by atoms with Gasteiger partial charge in [0.25, 0.3) is 0 Å². The summed E-state index contributed by atoms with van der Waals surface area (Å²) in [4.78, 5) is 72.5. The molecule has 0 aliphatic rings. The molecule has 0 spiro atoms. The zero-order chi connectivity index (χ0) is 65.2. The van der Waals surface area contributed by atoms with Crippen molar-refractivity contribution in [3.63, 3.8) is 0 Å². The third-order valence-electron chi connectivity index (χ3n) is 16.2. The van der Waals surface area contributed by atoms with Crippen LogP contribution in [0.25, 0.3) is 0 Å². The fourth-order valence-corrected chi connectivity index (χ4v) is 11.9. The van der Waals surface area contributed by atoms with Crippen molar-refractivity contribution in [2.75, 3.05) is 39.6 Å². The summed E-state index contributed by atoms with van der Waals surface area (Å²) >= 11 is 0. The largest absolute Gasteiger partial charge is 0.472 e. The minimum absolute atomic E-state index is 0.103. The predicted molar refractivity (Wildman–Crippen MR) is 354 cm³/mol. The molecule has 3 unspecified atom stereocenters. The van der Waals surface area contributed by atoms with Gasteiger partial charge in [-0.15, -0.1) is 0 Å². The maximum atomic E-state index is 13.0. The lowest BCUT2D eigenvalue weighted by atomic mass is 10.00. The summed E-state index contributed by atoms with van der Waals surface area (Å²) in [5.41, 5.74) is 0. The van der Waals surface area contributed by atoms with E-state index in [9.17, 15) is 43.2 Å². The van der Waals surface area contributed by atoms with Gasteiger partial charge in [-0.2, -0.15) is 0 Å². The minimum atomic E-state index is -4.95. The molecule has 522 valence electrons. The first kappa shape index (κ1) is 86.1. The van der Waals surface area contributed by atoms with Crippen LogP contribution in [-0.2, 0) is 65.4 Å². The van der Waals surface area contributed by atoms with Gasteiger partial charge in [-0.25, -0.2) is 9.13 Å². The van der Waals surface area contributed by atoms with E-state index in [4.69, 9.17) is 37.0 Å². The molecule has 0 heterocycles. The molecule has 0 saturated heterocycles. The number of hydrogen-bond acceptors (Lipinski definition) is 15. The Kier molecular flexibility index (Phi) is 58.7. The van der Waals surface area contributed by atoms with Crippen LogP contribution in [0.2, 0.25) is 0 Å². The zero-order valence-corrected chi connectivity index (χ0v) is 59.0. The summed E-state index contributed by atoms with van der Waals surface area (Å²) in [5, 5.41) is 10.6. The first-order valence-electron chi connectivity index (χ1n) is 35.9. The maximum absolute atomic E-state index is 13.0. The highest BCUT2D eigenvalue weighted by Crippen LogP contribution is 2.45. The monoisotopic (exact) mass is 1300 g/mol. The van der Waals surface area contributed by atoms with E-state index >= 15 is 0 Å². The molecule has 6 atom stereocenters. The van der Waals surface area contributed by atoms with E-state index in [0.717, 1.165) is 108 Å². The molecule has 0 aliphatic carbocycles. The molecule has 0 rings (SSSR count). The topological polar surface area (TPSA) is 237 Å². The number of aliphatic hydroxyl groups excluding tert-OH is 1. The Balaban J connectivity index is 5.25. The first-order chi connectivity index (χ1) is 42.3. The van der Waals surface area contributed by atoms with E-state index in [1.54, 1.807) is 0 Å². The van der Waals surface area contributed by atoms with Gasteiger partial charge in [0.2, 0.25) is 0 Å². The van der Waals surface area contributed by atoms with Gasteiger partial charge in [-0.3, -0.25) is 37.3 Å². The minimum Gasteiger partial charge on any atom is -0.462 e. The van der Waals surface area contributed by atoms with Gasteiger partial charge >= 0.3 is 39.5 Å². The van der Waals surface area contributed by atoms with E-state index in [1.807, 2.05) is 0 Å². The third-order valence-corrected chi connectivity index (χ3v) is 18.1. The lowest BCUT2D eigenvalue weighted by Crippen LogP contribution is -2.30. The van der Waals surface area contributed by atoms with Crippen molar-refractivity contribution in [3.05, 3.63) is 0 Å². The number of carbonyl (C=O) groups excluding carboxylic acids is 4. The lowest BCUT2D eigenvalue weighted by molar-refractivity contribution is -0.161. The quantitative estimate of drug-likeness (QED) is 0.0222. The van der Waals surface area contributed by atoms with Crippen LogP contribution in [0.4, 0.5) is 0 Å². The van der Waals surface area contributed by atoms with Crippen LogP contribution in [0.1, 0.15) is 344 Å². The lowest BCUT2D eigenvalue weighted by Gasteiger charge is -2.21. The van der Waals surface area contributed by atoms with Gasteiger partial charge in [0.1, 0.15) is 19.3 Å². The molecule has 0 aromatic rings. The third kappa shape index (κ3) is 61.6. The summed E-state index contributed by atoms with van der Waals surface area (Å²) in [6, 6.07) is 0. The number of ether oxygens (including phenoxy) is 4. The first-order valence-corrected chi connectivity index (χ1v) is 38.9. The van der Waals surface area contributed by atoms with E-state index in [-0.39, 0.29) is 25.7 Å². The number of unbranched alkanes of at least 4 members (excludes halogenated alkanes) is 34. The summed E-state index contributed by atoms with van der Waals surface area (Å²) in [6.45, 7) is 11.8. The molecule has 0 fully saturated rings. The molecule has 0 aromatic heterocycles. The summed E-state index contributed by atoms with van der Waals surface area (Å²) in [5.74, 6) is 0.125. The molecule has 17 nitrogen and oxygen atoms in total. The molecule has 0 amide bonds. The van der Waals surface area contributed by atoms with E-state index in [1.165, 1.54) is 154 Å². The number of carbonyl (C=O) groups is 4. The Hall–Kier alpha value is -1.94. The molecular formula is C69H134O17P2. The van der Waals surface area contributed by atoms with E-state index < -0.39 is 97.5 Å². The summed E-state index contributed by atoms with van der Waals surface area (Å²) in [6.07, 6.45) is 43.0. The fraction of sp³-hybridized carbons (Fsp3) is 0.942. The van der Waals surface area contributed by atoms with Gasteiger partial charge in [-0.1, -0.05) is 292 Å². The van der Waals surface area contributed by atoms with Crippen LogP contribution < -0.4 is 0 Å². The van der Waals surface area contributed by atoms with Gasteiger partial charge in [0, 0.05) is 25.7 Å². The fourth-order valence-electron chi connectivity index (χ4n) is 10.3. The molecule has 19 heteroatoms. The van der Waals surface area contributed by atoms with Gasteiger partial charge in [0.05, 0.1) is 26.4 Å². The smallest absolute Gasteiger partial charge is 0.462 e. The van der Waals surface area contributed by atoms with Crippen LogP contribution in [-0.4, -0.2) is 96.7 Å². The second-order valence-electron chi connectivity index (χ2n) is 26.1. The second kappa shape index (κ2) is 60.0. The predicted octanol–water partition coefficient (Wildman–Crippen LogP) is 19.5. The highest BCUT2D eigenvalue weighted by Gasteiger charge is 2.30. The van der Waals surface area contributed by atoms with Crippen LogP contribution in [0.3, 0.4) is 0 Å². The average Bonchev–Trinajstić information content (AvgIpc) is 3.52. The number of hydrogen-bond donors (Lipinski definition) is 3. The normalized spacial score (nSPS) is 14.5. The molecule has 0 aromatic carbocycles. The van der Waals surface area contributed by atoms with Gasteiger partial charge < -0.3 is 33.8 Å². The van der Waals surface area contributed by atoms with Crippen LogP contribution >= 0.6 is 15.6 Å². The van der Waals surface area contributed by atoms with Crippen molar-refractivity contribution in [1.82, 2.24) is 0 Å². The molecular weight excluding hydrogens is 1160 g/mol. The number of esters is 4. The Bertz CT molecular complexity index is 1730. The summed E-state index contributed by atoms with van der Waals surface area (Å²) in [7, 11) is -9.90. The molecule has 0 saturated carbocycles. The van der Waals surface area contributed by atoms with Crippen molar-refractivity contribution in [2.45, 2.75) is 362 Å². The van der Waals surface area contributed by atoms with E-state index in [2.05, 4.69) is 48.5 Å². The van der Waals surface area contributed by atoms with Crippen molar-refractivity contribution in [2.24, 2.45) is 17.8 Å². The summed E-state index contributed by atoms with van der Waals surface area (Å²) < 4.78 is 68.2. The highest BCUT2D eigenvalue weighted by molar-refractivity contribution is 7.47. The Morgan fingerprint density at radius 2 is 0.580 bits per heavy atom. The Morgan fingerprint density at radius 1 is 0.330 bits per heavy atom. The van der Waals surface area contributed by atoms with Crippen molar-refractivity contribution in [1.29, 1.82) is 0 Å². The Labute approximate surface area is 537 Å². The molecule has 0 aliphatic heterocycles. The molecule has 88 heavy (non-hydrogen) atoms. The molecule has 3 N–H and O–H groups in total. The van der Waals surface area contributed by atoms with Crippen LogP contribution in [0.15, 0.2) is 0 Å². The Morgan fingerprint density at radius 3 is 0.864 bits per heavy atom. The van der Waals surface area contributed by atoms with Gasteiger partial charge in [-0.05, 0) is 43.4 Å². The second-order valence-corrected chi connectivity index (χ2v) is 29.0. The van der Waals surface area contributed by atoms with Gasteiger partial charge in [0.15, 0.2) is 12.2 Å². The van der Waals surface area contributed by atoms with Crippen molar-refractivity contribution in [3.8, 4) is 0 Å². The molecule has 0 radical (unpaired) electrons. The van der Waals surface area contributed by atoms with Crippen molar-refractivity contribution < 1.29 is 80.2 Å².